The number of hydrogen-bond acceptors (Lipinski definition) is 6. The molecule has 0 aliphatic rings. The van der Waals surface area contributed by atoms with Crippen molar-refractivity contribution in [3.63, 3.8) is 0 Å². The molecule has 0 rings (SSSR count). The smallest absolute Gasteiger partial charge is 0.306 e. The van der Waals surface area contributed by atoms with Crippen molar-refractivity contribution in [3.05, 3.63) is 85.1 Å². The largest absolute Gasteiger partial charge is 0.462 e. The lowest BCUT2D eigenvalue weighted by atomic mass is 10.1. The number of esters is 3. The average molecular weight is 793 g/mol. The molecule has 0 aliphatic carbocycles. The van der Waals surface area contributed by atoms with Crippen LogP contribution in [0, 0.1) is 0 Å². The molecule has 0 bridgehead atoms. The van der Waals surface area contributed by atoms with Crippen molar-refractivity contribution in [3.8, 4) is 0 Å². The Bertz CT molecular complexity index is 1140. The summed E-state index contributed by atoms with van der Waals surface area (Å²) in [6.45, 7) is 6.23. The van der Waals surface area contributed by atoms with Crippen LogP contribution in [0.25, 0.3) is 0 Å². The van der Waals surface area contributed by atoms with Gasteiger partial charge in [-0.1, -0.05) is 164 Å². The third-order valence-electron chi connectivity index (χ3n) is 9.38. The van der Waals surface area contributed by atoms with Crippen LogP contribution in [0.3, 0.4) is 0 Å². The van der Waals surface area contributed by atoms with Crippen LogP contribution in [0.2, 0.25) is 0 Å². The number of allylic oxidation sites excluding steroid dienone is 14. The van der Waals surface area contributed by atoms with Crippen molar-refractivity contribution in [2.75, 3.05) is 13.2 Å². The van der Waals surface area contributed by atoms with Gasteiger partial charge in [0.15, 0.2) is 6.10 Å². The minimum Gasteiger partial charge on any atom is -0.462 e. The summed E-state index contributed by atoms with van der Waals surface area (Å²) in [7, 11) is 0. The highest BCUT2D eigenvalue weighted by atomic mass is 16.6. The monoisotopic (exact) mass is 793 g/mol. The van der Waals surface area contributed by atoms with Crippen LogP contribution < -0.4 is 0 Å². The summed E-state index contributed by atoms with van der Waals surface area (Å²) in [6, 6.07) is 0. The maximum Gasteiger partial charge on any atom is 0.306 e. The number of carbonyl (C=O) groups excluding carboxylic acids is 3. The number of unbranched alkanes of at least 4 members (excludes halogenated alkanes) is 15. The van der Waals surface area contributed by atoms with Crippen LogP contribution in [-0.2, 0) is 28.6 Å². The van der Waals surface area contributed by atoms with Crippen LogP contribution in [0.1, 0.15) is 201 Å². The normalized spacial score (nSPS) is 12.8. The quantitative estimate of drug-likeness (QED) is 0.0266. The van der Waals surface area contributed by atoms with Gasteiger partial charge in [-0.25, -0.2) is 0 Å². The highest BCUT2D eigenvalue weighted by Crippen LogP contribution is 2.13. The van der Waals surface area contributed by atoms with E-state index in [9.17, 15) is 14.4 Å². The molecule has 57 heavy (non-hydrogen) atoms. The highest BCUT2D eigenvalue weighted by molar-refractivity contribution is 5.71. The summed E-state index contributed by atoms with van der Waals surface area (Å²) in [5.41, 5.74) is 0. The van der Waals surface area contributed by atoms with E-state index in [0.717, 1.165) is 116 Å². The second-order valence-corrected chi connectivity index (χ2v) is 14.9. The maximum absolute atomic E-state index is 12.7. The zero-order valence-corrected chi connectivity index (χ0v) is 36.8. The molecule has 0 spiro atoms. The molecule has 0 aromatic rings. The zero-order chi connectivity index (χ0) is 41.5. The van der Waals surface area contributed by atoms with Crippen molar-refractivity contribution in [1.29, 1.82) is 0 Å². The van der Waals surface area contributed by atoms with Gasteiger partial charge in [0.1, 0.15) is 13.2 Å². The lowest BCUT2D eigenvalue weighted by Gasteiger charge is -2.18. The van der Waals surface area contributed by atoms with Gasteiger partial charge < -0.3 is 14.2 Å². The molecule has 0 aromatic carbocycles. The standard InChI is InChI=1S/C51H84O6/c1-4-7-10-13-16-19-21-23-25-26-28-29-32-35-38-41-44-50(53)56-47-48(46-55-49(52)43-40-37-34-31-18-15-12-9-6-3)57-51(54)45-42-39-36-33-30-27-24-22-20-17-14-11-8-5-2/h7-12,16-20,23,25,31,48H,4-6,13-15,21-22,24,26-30,32-47H2,1-3H3/b10-7-,11-8-,12-9-,19-16-,20-17-,25-23-,31-18-. The second kappa shape index (κ2) is 45.3. The summed E-state index contributed by atoms with van der Waals surface area (Å²) in [5, 5.41) is 0. The summed E-state index contributed by atoms with van der Waals surface area (Å²) in [6.07, 6.45) is 57.2. The Morgan fingerprint density at radius 1 is 0.351 bits per heavy atom. The van der Waals surface area contributed by atoms with Gasteiger partial charge in [-0.2, -0.15) is 0 Å². The molecule has 0 aromatic heterocycles. The Labute approximate surface area is 350 Å². The molecule has 0 aliphatic heterocycles. The molecule has 1 atom stereocenters. The lowest BCUT2D eigenvalue weighted by Crippen LogP contribution is -2.30. The van der Waals surface area contributed by atoms with E-state index in [2.05, 4.69) is 106 Å². The van der Waals surface area contributed by atoms with E-state index in [1.165, 1.54) is 44.9 Å². The van der Waals surface area contributed by atoms with E-state index >= 15 is 0 Å². The molecule has 0 saturated carbocycles. The van der Waals surface area contributed by atoms with E-state index in [1.807, 2.05) is 0 Å². The molecule has 0 saturated heterocycles. The molecular formula is C51H84O6. The summed E-state index contributed by atoms with van der Waals surface area (Å²) in [5.74, 6) is -0.964. The molecule has 1 unspecified atom stereocenters. The number of rotatable bonds is 40. The molecule has 6 nitrogen and oxygen atoms in total. The van der Waals surface area contributed by atoms with Crippen LogP contribution in [0.4, 0.5) is 0 Å². The highest BCUT2D eigenvalue weighted by Gasteiger charge is 2.19. The third kappa shape index (κ3) is 43.6. The van der Waals surface area contributed by atoms with Crippen molar-refractivity contribution >= 4 is 17.9 Å². The number of ether oxygens (including phenoxy) is 3. The van der Waals surface area contributed by atoms with Gasteiger partial charge in [0, 0.05) is 19.3 Å². The Morgan fingerprint density at radius 2 is 0.632 bits per heavy atom. The first-order valence-electron chi connectivity index (χ1n) is 23.1. The van der Waals surface area contributed by atoms with E-state index in [4.69, 9.17) is 14.2 Å². The van der Waals surface area contributed by atoms with Crippen LogP contribution >= 0.6 is 0 Å². The summed E-state index contributed by atoms with van der Waals surface area (Å²) < 4.78 is 16.7. The molecule has 0 heterocycles. The summed E-state index contributed by atoms with van der Waals surface area (Å²) >= 11 is 0. The Hall–Kier alpha value is -3.41. The Morgan fingerprint density at radius 3 is 1.02 bits per heavy atom. The first-order valence-corrected chi connectivity index (χ1v) is 23.1. The van der Waals surface area contributed by atoms with Crippen molar-refractivity contribution in [2.24, 2.45) is 0 Å². The third-order valence-corrected chi connectivity index (χ3v) is 9.38. The zero-order valence-electron chi connectivity index (χ0n) is 36.8. The first kappa shape index (κ1) is 53.6. The molecule has 0 radical (unpaired) electrons. The van der Waals surface area contributed by atoms with Gasteiger partial charge in [-0.15, -0.1) is 0 Å². The Balaban J connectivity index is 4.41. The van der Waals surface area contributed by atoms with Crippen LogP contribution in [0.15, 0.2) is 85.1 Å². The predicted octanol–water partition coefficient (Wildman–Crippen LogP) is 14.9. The van der Waals surface area contributed by atoms with E-state index in [1.54, 1.807) is 0 Å². The van der Waals surface area contributed by atoms with Crippen molar-refractivity contribution in [1.82, 2.24) is 0 Å². The van der Waals surface area contributed by atoms with E-state index in [0.29, 0.717) is 19.3 Å². The molecule has 324 valence electrons. The van der Waals surface area contributed by atoms with E-state index in [-0.39, 0.29) is 31.1 Å². The Kier molecular flexibility index (Phi) is 42.6. The average Bonchev–Trinajstić information content (AvgIpc) is 3.21. The fourth-order valence-corrected chi connectivity index (χ4v) is 6.00. The molecular weight excluding hydrogens is 709 g/mol. The van der Waals surface area contributed by atoms with Gasteiger partial charge in [0.05, 0.1) is 0 Å². The number of carbonyl (C=O) groups is 3. The molecule has 0 amide bonds. The SMILES string of the molecule is CC/C=C\C/C=C\C/C=C\CCCCCCCCC(=O)OCC(COC(=O)CCCC/C=C\C/C=C\CC)OC(=O)CCCCCCCCC/C=C\C/C=C\CC. The number of hydrogen-bond donors (Lipinski definition) is 0. The van der Waals surface area contributed by atoms with Gasteiger partial charge >= 0.3 is 17.9 Å². The second-order valence-electron chi connectivity index (χ2n) is 14.9. The van der Waals surface area contributed by atoms with Gasteiger partial charge in [-0.3, -0.25) is 14.4 Å². The fourth-order valence-electron chi connectivity index (χ4n) is 6.00. The minimum absolute atomic E-state index is 0.0982. The minimum atomic E-state index is -0.797. The summed E-state index contributed by atoms with van der Waals surface area (Å²) in [4.78, 5) is 37.7. The predicted molar refractivity (Wildman–Crippen MR) is 242 cm³/mol. The topological polar surface area (TPSA) is 78.9 Å². The van der Waals surface area contributed by atoms with Crippen LogP contribution in [-0.4, -0.2) is 37.2 Å². The van der Waals surface area contributed by atoms with Gasteiger partial charge in [0.2, 0.25) is 0 Å². The lowest BCUT2D eigenvalue weighted by molar-refractivity contribution is -0.167. The maximum atomic E-state index is 12.7. The fraction of sp³-hybridized carbons (Fsp3) is 0.667. The van der Waals surface area contributed by atoms with Crippen molar-refractivity contribution in [2.45, 2.75) is 207 Å². The molecule has 0 fully saturated rings. The molecule has 6 heteroatoms. The molecule has 0 N–H and O–H groups in total. The van der Waals surface area contributed by atoms with Gasteiger partial charge in [0.25, 0.3) is 0 Å². The van der Waals surface area contributed by atoms with Crippen molar-refractivity contribution < 1.29 is 28.6 Å². The first-order chi connectivity index (χ1) is 28.0. The van der Waals surface area contributed by atoms with Crippen LogP contribution in [0.5, 0.6) is 0 Å². The van der Waals surface area contributed by atoms with Gasteiger partial charge in [-0.05, 0) is 103 Å². The van der Waals surface area contributed by atoms with E-state index < -0.39 is 6.10 Å².